The maximum atomic E-state index is 12.6. The standard InChI is InChI=1S/C17H20N2O/c18-11-1-2-13-5-7-15(8-6-13)17(20)19(16-9-10-16)12-14-3-4-14/h5-8,14,16H,3-4,9-12,18H2. The molecule has 2 aliphatic rings. The van der Waals surface area contributed by atoms with Crippen LogP contribution in [0.5, 0.6) is 0 Å². The molecule has 0 bridgehead atoms. The molecule has 1 amide bonds. The molecule has 2 saturated carbocycles. The second-order valence-electron chi connectivity index (χ2n) is 5.72. The molecule has 0 heterocycles. The van der Waals surface area contributed by atoms with Crippen LogP contribution in [-0.2, 0) is 0 Å². The summed E-state index contributed by atoms with van der Waals surface area (Å²) in [4.78, 5) is 14.7. The SMILES string of the molecule is NCC#Cc1ccc(C(=O)N(CC2CC2)C2CC2)cc1. The van der Waals surface area contributed by atoms with Gasteiger partial charge in [-0.25, -0.2) is 0 Å². The highest BCUT2D eigenvalue weighted by molar-refractivity contribution is 5.94. The van der Waals surface area contributed by atoms with E-state index < -0.39 is 0 Å². The van der Waals surface area contributed by atoms with Crippen molar-refractivity contribution in [3.63, 3.8) is 0 Å². The van der Waals surface area contributed by atoms with Crippen LogP contribution in [0.15, 0.2) is 24.3 Å². The smallest absolute Gasteiger partial charge is 0.254 e. The number of amides is 1. The minimum Gasteiger partial charge on any atom is -0.335 e. The van der Waals surface area contributed by atoms with Gasteiger partial charge in [0.15, 0.2) is 0 Å². The van der Waals surface area contributed by atoms with Gasteiger partial charge in [0, 0.05) is 23.7 Å². The average Bonchev–Trinajstić information content (AvgIpc) is 3.36. The number of nitrogens with two attached hydrogens (primary N) is 1. The number of rotatable bonds is 4. The third-order valence-corrected chi connectivity index (χ3v) is 3.87. The summed E-state index contributed by atoms with van der Waals surface area (Å²) in [6.45, 7) is 1.30. The van der Waals surface area contributed by atoms with Gasteiger partial charge in [-0.05, 0) is 55.9 Å². The van der Waals surface area contributed by atoms with Gasteiger partial charge >= 0.3 is 0 Å². The first-order chi connectivity index (χ1) is 9.78. The molecule has 3 rings (SSSR count). The van der Waals surface area contributed by atoms with Crippen molar-refractivity contribution in [2.45, 2.75) is 31.7 Å². The molecule has 2 N–H and O–H groups in total. The zero-order valence-electron chi connectivity index (χ0n) is 11.6. The Balaban J connectivity index is 1.71. The van der Waals surface area contributed by atoms with Gasteiger partial charge in [-0.1, -0.05) is 11.8 Å². The Morgan fingerprint density at radius 3 is 2.45 bits per heavy atom. The minimum atomic E-state index is 0.178. The molecular weight excluding hydrogens is 248 g/mol. The zero-order valence-corrected chi connectivity index (χ0v) is 11.6. The molecule has 0 radical (unpaired) electrons. The Morgan fingerprint density at radius 2 is 1.90 bits per heavy atom. The molecule has 3 heteroatoms. The van der Waals surface area contributed by atoms with Crippen LogP contribution in [0, 0.1) is 17.8 Å². The third kappa shape index (κ3) is 3.20. The predicted octanol–water partition coefficient (Wildman–Crippen LogP) is 2.01. The first-order valence-electron chi connectivity index (χ1n) is 7.38. The maximum absolute atomic E-state index is 12.6. The van der Waals surface area contributed by atoms with E-state index in [0.717, 1.165) is 23.6 Å². The highest BCUT2D eigenvalue weighted by Crippen LogP contribution is 2.35. The van der Waals surface area contributed by atoms with Gasteiger partial charge in [-0.2, -0.15) is 0 Å². The van der Waals surface area contributed by atoms with Gasteiger partial charge in [0.05, 0.1) is 6.54 Å². The van der Waals surface area contributed by atoms with E-state index in [-0.39, 0.29) is 5.91 Å². The van der Waals surface area contributed by atoms with E-state index in [0.29, 0.717) is 12.6 Å². The molecule has 1 aromatic carbocycles. The molecular formula is C17H20N2O. The van der Waals surface area contributed by atoms with Crippen molar-refractivity contribution >= 4 is 5.91 Å². The fraction of sp³-hybridized carbons (Fsp3) is 0.471. The van der Waals surface area contributed by atoms with Crippen LogP contribution in [0.4, 0.5) is 0 Å². The van der Waals surface area contributed by atoms with E-state index in [4.69, 9.17) is 5.73 Å². The van der Waals surface area contributed by atoms with Crippen molar-refractivity contribution in [1.82, 2.24) is 4.90 Å². The van der Waals surface area contributed by atoms with E-state index in [9.17, 15) is 4.79 Å². The van der Waals surface area contributed by atoms with E-state index in [1.807, 2.05) is 24.3 Å². The third-order valence-electron chi connectivity index (χ3n) is 3.87. The van der Waals surface area contributed by atoms with E-state index in [1.165, 1.54) is 25.7 Å². The minimum absolute atomic E-state index is 0.178. The first kappa shape index (κ1) is 13.2. The lowest BCUT2D eigenvalue weighted by Gasteiger charge is -2.22. The van der Waals surface area contributed by atoms with Crippen molar-refractivity contribution in [3.8, 4) is 11.8 Å². The molecule has 3 nitrogen and oxygen atoms in total. The molecule has 0 atom stereocenters. The molecule has 0 unspecified atom stereocenters. The van der Waals surface area contributed by atoms with Crippen LogP contribution >= 0.6 is 0 Å². The normalized spacial score (nSPS) is 17.2. The summed E-state index contributed by atoms with van der Waals surface area (Å²) in [7, 11) is 0. The zero-order chi connectivity index (χ0) is 13.9. The van der Waals surface area contributed by atoms with Gasteiger partial charge < -0.3 is 10.6 Å². The molecule has 1 aromatic rings. The Kier molecular flexibility index (Phi) is 3.75. The van der Waals surface area contributed by atoms with Crippen LogP contribution in [0.3, 0.4) is 0 Å². The lowest BCUT2D eigenvalue weighted by atomic mass is 10.1. The quantitative estimate of drug-likeness (QED) is 0.849. The van der Waals surface area contributed by atoms with Gasteiger partial charge in [-0.3, -0.25) is 4.79 Å². The van der Waals surface area contributed by atoms with Crippen LogP contribution in [-0.4, -0.2) is 29.9 Å². The van der Waals surface area contributed by atoms with E-state index in [1.54, 1.807) is 0 Å². The second kappa shape index (κ2) is 5.68. The summed E-state index contributed by atoms with van der Waals surface area (Å²) >= 11 is 0. The van der Waals surface area contributed by atoms with Crippen LogP contribution in [0.2, 0.25) is 0 Å². The van der Waals surface area contributed by atoms with Gasteiger partial charge in [0.1, 0.15) is 0 Å². The van der Waals surface area contributed by atoms with Crippen LogP contribution < -0.4 is 5.73 Å². The number of benzene rings is 1. The number of hydrogen-bond acceptors (Lipinski definition) is 2. The van der Waals surface area contributed by atoms with Crippen LogP contribution in [0.1, 0.15) is 41.6 Å². The van der Waals surface area contributed by atoms with Crippen LogP contribution in [0.25, 0.3) is 0 Å². The Morgan fingerprint density at radius 1 is 1.20 bits per heavy atom. The summed E-state index contributed by atoms with van der Waals surface area (Å²) in [5.74, 6) is 6.72. The lowest BCUT2D eigenvalue weighted by molar-refractivity contribution is 0.0735. The van der Waals surface area contributed by atoms with E-state index >= 15 is 0 Å². The second-order valence-corrected chi connectivity index (χ2v) is 5.72. The summed E-state index contributed by atoms with van der Waals surface area (Å²) in [6, 6.07) is 8.05. The molecule has 20 heavy (non-hydrogen) atoms. The summed E-state index contributed by atoms with van der Waals surface area (Å²) < 4.78 is 0. The van der Waals surface area contributed by atoms with Gasteiger partial charge in [0.25, 0.3) is 5.91 Å². The number of carbonyl (C=O) groups is 1. The summed E-state index contributed by atoms with van der Waals surface area (Å²) in [5, 5.41) is 0. The van der Waals surface area contributed by atoms with Crippen molar-refractivity contribution in [1.29, 1.82) is 0 Å². The van der Waals surface area contributed by atoms with Crippen molar-refractivity contribution in [3.05, 3.63) is 35.4 Å². The Hall–Kier alpha value is -1.79. The summed E-state index contributed by atoms with van der Waals surface area (Å²) in [5.41, 5.74) is 7.04. The van der Waals surface area contributed by atoms with E-state index in [2.05, 4.69) is 16.7 Å². The molecule has 0 aliphatic heterocycles. The number of nitrogens with zero attached hydrogens (tertiary/aromatic N) is 1. The number of carbonyl (C=O) groups excluding carboxylic acids is 1. The molecule has 0 spiro atoms. The molecule has 104 valence electrons. The topological polar surface area (TPSA) is 46.3 Å². The largest absolute Gasteiger partial charge is 0.335 e. The van der Waals surface area contributed by atoms with Crippen molar-refractivity contribution < 1.29 is 4.79 Å². The highest BCUT2D eigenvalue weighted by atomic mass is 16.2. The fourth-order valence-corrected chi connectivity index (χ4v) is 2.38. The van der Waals surface area contributed by atoms with Gasteiger partial charge in [0.2, 0.25) is 0 Å². The molecule has 2 aliphatic carbocycles. The maximum Gasteiger partial charge on any atom is 0.254 e. The summed E-state index contributed by atoms with van der Waals surface area (Å²) in [6.07, 6.45) is 4.89. The Labute approximate surface area is 120 Å². The predicted molar refractivity (Wildman–Crippen MR) is 79.2 cm³/mol. The fourth-order valence-electron chi connectivity index (χ4n) is 2.38. The van der Waals surface area contributed by atoms with Crippen molar-refractivity contribution in [2.24, 2.45) is 11.7 Å². The molecule has 0 saturated heterocycles. The highest BCUT2D eigenvalue weighted by Gasteiger charge is 2.36. The monoisotopic (exact) mass is 268 g/mol. The molecule has 0 aromatic heterocycles. The average molecular weight is 268 g/mol. The number of hydrogen-bond donors (Lipinski definition) is 1. The van der Waals surface area contributed by atoms with Gasteiger partial charge in [-0.15, -0.1) is 0 Å². The first-order valence-corrected chi connectivity index (χ1v) is 7.38. The molecule has 2 fully saturated rings. The Bertz CT molecular complexity index is 545. The van der Waals surface area contributed by atoms with Crippen molar-refractivity contribution in [2.75, 3.05) is 13.1 Å². The lowest BCUT2D eigenvalue weighted by Crippen LogP contribution is -2.34.